The SMILES string of the molecule is CC1CCC(NC(=O)CN2CCN(CC(=O)Nc3ccccc3Cl)CC2)CC1. The first-order valence-electron chi connectivity index (χ1n) is 10.3. The highest BCUT2D eigenvalue weighted by molar-refractivity contribution is 6.33. The molecule has 2 fully saturated rings. The fourth-order valence-corrected chi connectivity index (χ4v) is 4.12. The summed E-state index contributed by atoms with van der Waals surface area (Å²) in [5.74, 6) is 0.853. The number of benzene rings is 1. The van der Waals surface area contributed by atoms with Crippen LogP contribution in [0.5, 0.6) is 0 Å². The molecule has 0 bridgehead atoms. The number of rotatable bonds is 6. The quantitative estimate of drug-likeness (QED) is 0.762. The number of halogens is 1. The van der Waals surface area contributed by atoms with Crippen LogP contribution in [0, 0.1) is 5.92 Å². The highest BCUT2D eigenvalue weighted by Gasteiger charge is 2.23. The maximum Gasteiger partial charge on any atom is 0.238 e. The summed E-state index contributed by atoms with van der Waals surface area (Å²) in [5, 5.41) is 6.59. The summed E-state index contributed by atoms with van der Waals surface area (Å²) in [6.07, 6.45) is 4.61. The number of hydrogen-bond acceptors (Lipinski definition) is 4. The lowest BCUT2D eigenvalue weighted by molar-refractivity contribution is -0.124. The molecule has 1 aromatic rings. The molecular weight excluding hydrogens is 376 g/mol. The number of nitrogens with one attached hydrogen (secondary N) is 2. The molecule has 0 radical (unpaired) electrons. The number of para-hydroxylation sites is 1. The number of hydrogen-bond donors (Lipinski definition) is 2. The average molecular weight is 407 g/mol. The molecule has 1 aromatic carbocycles. The van der Waals surface area contributed by atoms with E-state index in [0.717, 1.165) is 44.9 Å². The predicted molar refractivity (Wildman–Crippen MR) is 113 cm³/mol. The monoisotopic (exact) mass is 406 g/mol. The zero-order valence-electron chi connectivity index (χ0n) is 16.6. The highest BCUT2D eigenvalue weighted by Crippen LogP contribution is 2.23. The van der Waals surface area contributed by atoms with E-state index in [1.807, 2.05) is 12.1 Å². The first kappa shape index (κ1) is 21.1. The van der Waals surface area contributed by atoms with Crippen molar-refractivity contribution in [3.05, 3.63) is 29.3 Å². The number of anilines is 1. The van der Waals surface area contributed by atoms with Crippen LogP contribution in [0.2, 0.25) is 5.02 Å². The Balaban J connectivity index is 1.34. The van der Waals surface area contributed by atoms with Crippen molar-refractivity contribution in [1.29, 1.82) is 0 Å². The Morgan fingerprint density at radius 1 is 0.964 bits per heavy atom. The van der Waals surface area contributed by atoms with Crippen molar-refractivity contribution in [3.8, 4) is 0 Å². The normalized spacial score (nSPS) is 23.9. The van der Waals surface area contributed by atoms with Crippen LogP contribution in [-0.4, -0.2) is 66.9 Å². The molecule has 7 heteroatoms. The van der Waals surface area contributed by atoms with E-state index in [1.54, 1.807) is 12.1 Å². The smallest absolute Gasteiger partial charge is 0.238 e. The highest BCUT2D eigenvalue weighted by atomic mass is 35.5. The molecule has 2 N–H and O–H groups in total. The first-order valence-corrected chi connectivity index (χ1v) is 10.7. The molecule has 0 unspecified atom stereocenters. The Morgan fingerprint density at radius 3 is 2.14 bits per heavy atom. The van der Waals surface area contributed by atoms with Crippen LogP contribution in [0.3, 0.4) is 0 Å². The van der Waals surface area contributed by atoms with Crippen molar-refractivity contribution in [3.63, 3.8) is 0 Å². The third kappa shape index (κ3) is 6.47. The van der Waals surface area contributed by atoms with Crippen LogP contribution < -0.4 is 10.6 Å². The molecule has 1 aliphatic carbocycles. The maximum absolute atomic E-state index is 12.3. The van der Waals surface area contributed by atoms with Crippen molar-refractivity contribution in [2.24, 2.45) is 5.92 Å². The predicted octanol–water partition coefficient (Wildman–Crippen LogP) is 2.59. The van der Waals surface area contributed by atoms with Gasteiger partial charge in [0.2, 0.25) is 11.8 Å². The Bertz CT molecular complexity index is 668. The first-order chi connectivity index (χ1) is 13.5. The van der Waals surface area contributed by atoms with Crippen LogP contribution in [-0.2, 0) is 9.59 Å². The summed E-state index contributed by atoms with van der Waals surface area (Å²) in [5.41, 5.74) is 0.640. The van der Waals surface area contributed by atoms with E-state index < -0.39 is 0 Å². The number of carbonyl (C=O) groups excluding carboxylic acids is 2. The van der Waals surface area contributed by atoms with Crippen molar-refractivity contribution in [2.75, 3.05) is 44.6 Å². The molecule has 1 saturated heterocycles. The minimum absolute atomic E-state index is 0.0641. The van der Waals surface area contributed by atoms with Crippen LogP contribution in [0.1, 0.15) is 32.6 Å². The summed E-state index contributed by atoms with van der Waals surface area (Å²) >= 11 is 6.08. The second-order valence-electron chi connectivity index (χ2n) is 8.10. The van der Waals surface area contributed by atoms with Gasteiger partial charge in [0.15, 0.2) is 0 Å². The van der Waals surface area contributed by atoms with E-state index in [-0.39, 0.29) is 11.8 Å². The van der Waals surface area contributed by atoms with Crippen LogP contribution in [0.15, 0.2) is 24.3 Å². The molecule has 1 aliphatic heterocycles. The van der Waals surface area contributed by atoms with E-state index >= 15 is 0 Å². The van der Waals surface area contributed by atoms with Gasteiger partial charge in [-0.15, -0.1) is 0 Å². The summed E-state index contributed by atoms with van der Waals surface area (Å²) in [4.78, 5) is 28.8. The minimum atomic E-state index is -0.0641. The Labute approximate surface area is 172 Å². The van der Waals surface area contributed by atoms with E-state index in [9.17, 15) is 9.59 Å². The molecule has 1 saturated carbocycles. The third-order valence-corrected chi connectivity index (χ3v) is 6.06. The van der Waals surface area contributed by atoms with Gasteiger partial charge >= 0.3 is 0 Å². The van der Waals surface area contributed by atoms with E-state index in [4.69, 9.17) is 11.6 Å². The van der Waals surface area contributed by atoms with E-state index in [0.29, 0.717) is 29.8 Å². The second kappa shape index (κ2) is 10.2. The fourth-order valence-electron chi connectivity index (χ4n) is 3.94. The van der Waals surface area contributed by atoms with Gasteiger partial charge in [0.25, 0.3) is 0 Å². The summed E-state index contributed by atoms with van der Waals surface area (Å²) in [6.45, 7) is 6.24. The fraction of sp³-hybridized carbons (Fsp3) is 0.619. The van der Waals surface area contributed by atoms with Crippen molar-refractivity contribution in [1.82, 2.24) is 15.1 Å². The van der Waals surface area contributed by atoms with Crippen LogP contribution >= 0.6 is 11.6 Å². The zero-order valence-corrected chi connectivity index (χ0v) is 17.4. The maximum atomic E-state index is 12.3. The third-order valence-electron chi connectivity index (χ3n) is 5.73. The van der Waals surface area contributed by atoms with Gasteiger partial charge in [-0.25, -0.2) is 0 Å². The van der Waals surface area contributed by atoms with Crippen molar-refractivity contribution >= 4 is 29.1 Å². The summed E-state index contributed by atoms with van der Waals surface area (Å²) < 4.78 is 0. The lowest BCUT2D eigenvalue weighted by atomic mass is 9.87. The molecule has 2 aliphatic rings. The Kier molecular flexibility index (Phi) is 7.71. The summed E-state index contributed by atoms with van der Waals surface area (Å²) in [7, 11) is 0. The second-order valence-corrected chi connectivity index (χ2v) is 8.51. The van der Waals surface area contributed by atoms with Crippen LogP contribution in [0.4, 0.5) is 5.69 Å². The topological polar surface area (TPSA) is 64.7 Å². The number of nitrogens with zero attached hydrogens (tertiary/aromatic N) is 2. The molecule has 0 spiro atoms. The van der Waals surface area contributed by atoms with Crippen LogP contribution in [0.25, 0.3) is 0 Å². The number of piperazine rings is 1. The van der Waals surface area contributed by atoms with Gasteiger partial charge in [-0.3, -0.25) is 19.4 Å². The molecule has 28 heavy (non-hydrogen) atoms. The average Bonchev–Trinajstić information content (AvgIpc) is 2.67. The zero-order chi connectivity index (χ0) is 19.9. The van der Waals surface area contributed by atoms with E-state index in [2.05, 4.69) is 27.4 Å². The molecule has 0 aromatic heterocycles. The summed E-state index contributed by atoms with van der Waals surface area (Å²) in [6, 6.07) is 7.58. The standard InChI is InChI=1S/C21H31ClN4O2/c1-16-6-8-17(9-7-16)23-20(27)14-25-10-12-26(13-11-25)15-21(28)24-19-5-3-2-4-18(19)22/h2-5,16-17H,6-15H2,1H3,(H,23,27)(H,24,28). The molecular formula is C21H31ClN4O2. The molecule has 6 nitrogen and oxygen atoms in total. The number of carbonyl (C=O) groups is 2. The molecule has 1 heterocycles. The van der Waals surface area contributed by atoms with Gasteiger partial charge in [0.05, 0.1) is 23.8 Å². The van der Waals surface area contributed by atoms with Gasteiger partial charge in [-0.05, 0) is 43.7 Å². The van der Waals surface area contributed by atoms with Crippen molar-refractivity contribution < 1.29 is 9.59 Å². The van der Waals surface area contributed by atoms with Gasteiger partial charge in [-0.2, -0.15) is 0 Å². The molecule has 3 rings (SSSR count). The molecule has 154 valence electrons. The largest absolute Gasteiger partial charge is 0.352 e. The lowest BCUT2D eigenvalue weighted by Gasteiger charge is -2.34. The van der Waals surface area contributed by atoms with Gasteiger partial charge in [-0.1, -0.05) is 30.7 Å². The molecule has 2 amide bonds. The Hall–Kier alpha value is -1.63. The van der Waals surface area contributed by atoms with Gasteiger partial charge in [0, 0.05) is 32.2 Å². The van der Waals surface area contributed by atoms with Gasteiger partial charge in [0.1, 0.15) is 0 Å². The number of amides is 2. The van der Waals surface area contributed by atoms with E-state index in [1.165, 1.54) is 12.8 Å². The molecule has 0 atom stereocenters. The Morgan fingerprint density at radius 2 is 1.54 bits per heavy atom. The minimum Gasteiger partial charge on any atom is -0.352 e. The van der Waals surface area contributed by atoms with Crippen molar-refractivity contribution in [2.45, 2.75) is 38.6 Å². The van der Waals surface area contributed by atoms with Gasteiger partial charge < -0.3 is 10.6 Å². The lowest BCUT2D eigenvalue weighted by Crippen LogP contribution is -2.52.